The maximum absolute atomic E-state index is 13.4. The monoisotopic (exact) mass is 554 g/mol. The van der Waals surface area contributed by atoms with E-state index in [-0.39, 0.29) is 45.0 Å². The largest absolute Gasteiger partial charge is 0.492 e. The Morgan fingerprint density at radius 1 is 0.974 bits per heavy atom. The topological polar surface area (TPSA) is 97.3 Å². The number of rotatable bonds is 17. The minimum Gasteiger partial charge on any atom is -0.492 e. The fourth-order valence-electron chi connectivity index (χ4n) is 3.71. The second kappa shape index (κ2) is 16.6. The van der Waals surface area contributed by atoms with Crippen LogP contribution in [0.4, 0.5) is 23.7 Å². The van der Waals surface area contributed by atoms with Crippen LogP contribution in [0, 0.1) is 0 Å². The SMILES string of the molecule is CCCCCOCCN(CCOc1ccc(CC(OCC)C(=O)O)cc1)C(=O)Nc1ccccc1C(F)(F)F. The van der Waals surface area contributed by atoms with Crippen molar-refractivity contribution in [1.29, 1.82) is 0 Å². The molecule has 0 aromatic heterocycles. The normalized spacial score (nSPS) is 12.1. The molecular formula is C28H37F3N2O6. The Labute approximate surface area is 227 Å². The van der Waals surface area contributed by atoms with Gasteiger partial charge in [0.05, 0.1) is 24.4 Å². The molecule has 0 bridgehead atoms. The highest BCUT2D eigenvalue weighted by Gasteiger charge is 2.34. The van der Waals surface area contributed by atoms with Gasteiger partial charge in [-0.3, -0.25) is 0 Å². The Kier molecular flexibility index (Phi) is 13.6. The molecule has 0 spiro atoms. The van der Waals surface area contributed by atoms with Gasteiger partial charge in [-0.1, -0.05) is 44.0 Å². The van der Waals surface area contributed by atoms with E-state index in [9.17, 15) is 27.9 Å². The van der Waals surface area contributed by atoms with Crippen molar-refractivity contribution in [2.24, 2.45) is 0 Å². The van der Waals surface area contributed by atoms with Gasteiger partial charge in [0, 0.05) is 26.2 Å². The number of amides is 2. The molecule has 0 saturated carbocycles. The van der Waals surface area contributed by atoms with Gasteiger partial charge in [0.25, 0.3) is 0 Å². The van der Waals surface area contributed by atoms with Crippen molar-refractivity contribution < 1.29 is 42.1 Å². The number of hydrogen-bond acceptors (Lipinski definition) is 5. The van der Waals surface area contributed by atoms with E-state index in [1.165, 1.54) is 23.1 Å². The number of urea groups is 1. The van der Waals surface area contributed by atoms with Crippen LogP contribution in [0.2, 0.25) is 0 Å². The molecule has 2 rings (SSSR count). The summed E-state index contributed by atoms with van der Waals surface area (Å²) < 4.78 is 56.7. The summed E-state index contributed by atoms with van der Waals surface area (Å²) in [5.74, 6) is -0.539. The van der Waals surface area contributed by atoms with Gasteiger partial charge in [-0.25, -0.2) is 9.59 Å². The first kappa shape index (κ1) is 31.9. The van der Waals surface area contributed by atoms with Gasteiger partial charge in [-0.15, -0.1) is 0 Å². The molecule has 1 atom stereocenters. The number of nitrogens with one attached hydrogen (secondary N) is 1. The quantitative estimate of drug-likeness (QED) is 0.238. The van der Waals surface area contributed by atoms with Gasteiger partial charge < -0.3 is 29.5 Å². The third-order valence-corrected chi connectivity index (χ3v) is 5.78. The molecule has 11 heteroatoms. The first-order valence-corrected chi connectivity index (χ1v) is 13.0. The number of unbranched alkanes of at least 4 members (excludes halogenated alkanes) is 2. The number of halogens is 3. The molecule has 2 aromatic carbocycles. The minimum atomic E-state index is -4.61. The summed E-state index contributed by atoms with van der Waals surface area (Å²) in [6.07, 6.45) is -2.40. The highest BCUT2D eigenvalue weighted by molar-refractivity contribution is 5.90. The average molecular weight is 555 g/mol. The number of para-hydroxylation sites is 1. The summed E-state index contributed by atoms with van der Waals surface area (Å²) >= 11 is 0. The summed E-state index contributed by atoms with van der Waals surface area (Å²) in [5, 5.41) is 11.6. The Morgan fingerprint density at radius 2 is 1.67 bits per heavy atom. The molecule has 0 aliphatic heterocycles. The summed E-state index contributed by atoms with van der Waals surface area (Å²) in [5.41, 5.74) is -0.500. The lowest BCUT2D eigenvalue weighted by atomic mass is 10.1. The lowest BCUT2D eigenvalue weighted by molar-refractivity contribution is -0.150. The first-order chi connectivity index (χ1) is 18.7. The van der Waals surface area contributed by atoms with E-state index in [2.05, 4.69) is 12.2 Å². The van der Waals surface area contributed by atoms with Crippen molar-refractivity contribution in [2.45, 2.75) is 51.8 Å². The van der Waals surface area contributed by atoms with Crippen LogP contribution in [0.1, 0.15) is 44.2 Å². The number of carboxylic acid groups (broad SMARTS) is 1. The lowest BCUT2D eigenvalue weighted by Gasteiger charge is -2.24. The molecule has 2 aromatic rings. The number of ether oxygens (including phenoxy) is 3. The molecule has 1 unspecified atom stereocenters. The fourth-order valence-corrected chi connectivity index (χ4v) is 3.71. The van der Waals surface area contributed by atoms with Crippen molar-refractivity contribution in [3.8, 4) is 5.75 Å². The Bertz CT molecular complexity index is 1020. The summed E-state index contributed by atoms with van der Waals surface area (Å²) in [7, 11) is 0. The van der Waals surface area contributed by atoms with E-state index in [0.29, 0.717) is 12.4 Å². The zero-order valence-electron chi connectivity index (χ0n) is 22.3. The summed E-state index contributed by atoms with van der Waals surface area (Å²) in [4.78, 5) is 25.6. The predicted molar refractivity (Wildman–Crippen MR) is 141 cm³/mol. The van der Waals surface area contributed by atoms with Gasteiger partial charge in [0.15, 0.2) is 6.10 Å². The molecule has 2 amide bonds. The molecule has 8 nitrogen and oxygen atoms in total. The predicted octanol–water partition coefficient (Wildman–Crippen LogP) is 5.86. The Balaban J connectivity index is 1.99. The van der Waals surface area contributed by atoms with Crippen LogP contribution in [-0.4, -0.2) is 67.6 Å². The third kappa shape index (κ3) is 11.5. The number of carbonyl (C=O) groups excluding carboxylic acids is 1. The lowest BCUT2D eigenvalue weighted by Crippen LogP contribution is -2.40. The van der Waals surface area contributed by atoms with Crippen LogP contribution in [-0.2, 0) is 26.9 Å². The van der Waals surface area contributed by atoms with Crippen LogP contribution < -0.4 is 10.1 Å². The molecule has 0 heterocycles. The number of alkyl halides is 3. The number of hydrogen-bond donors (Lipinski definition) is 2. The zero-order valence-corrected chi connectivity index (χ0v) is 22.3. The highest BCUT2D eigenvalue weighted by Crippen LogP contribution is 2.34. The molecular weight excluding hydrogens is 517 g/mol. The van der Waals surface area contributed by atoms with Gasteiger partial charge in [-0.2, -0.15) is 13.2 Å². The second-order valence-electron chi connectivity index (χ2n) is 8.76. The number of carbonyl (C=O) groups is 2. The second-order valence-corrected chi connectivity index (χ2v) is 8.76. The van der Waals surface area contributed by atoms with E-state index in [1.807, 2.05) is 0 Å². The third-order valence-electron chi connectivity index (χ3n) is 5.78. The molecule has 0 fully saturated rings. The number of anilines is 1. The van der Waals surface area contributed by atoms with Gasteiger partial charge >= 0.3 is 18.2 Å². The Morgan fingerprint density at radius 3 is 2.31 bits per heavy atom. The number of carboxylic acids is 1. The molecule has 0 radical (unpaired) electrons. The van der Waals surface area contributed by atoms with Gasteiger partial charge in [-0.05, 0) is 43.2 Å². The van der Waals surface area contributed by atoms with E-state index >= 15 is 0 Å². The van der Waals surface area contributed by atoms with Crippen LogP contribution in [0.25, 0.3) is 0 Å². The zero-order chi connectivity index (χ0) is 28.7. The summed E-state index contributed by atoms with van der Waals surface area (Å²) in [6, 6.07) is 10.9. The van der Waals surface area contributed by atoms with Crippen molar-refractivity contribution in [2.75, 3.05) is 44.8 Å². The number of nitrogens with zero attached hydrogens (tertiary/aromatic N) is 1. The maximum Gasteiger partial charge on any atom is 0.418 e. The molecule has 0 aliphatic carbocycles. The first-order valence-electron chi connectivity index (χ1n) is 13.0. The van der Waals surface area contributed by atoms with Crippen LogP contribution in [0.15, 0.2) is 48.5 Å². The van der Waals surface area contributed by atoms with Crippen LogP contribution in [0.3, 0.4) is 0 Å². The molecule has 0 aliphatic rings. The van der Waals surface area contributed by atoms with Crippen molar-refractivity contribution in [3.63, 3.8) is 0 Å². The van der Waals surface area contributed by atoms with E-state index in [4.69, 9.17) is 14.2 Å². The van der Waals surface area contributed by atoms with E-state index in [0.717, 1.165) is 30.9 Å². The van der Waals surface area contributed by atoms with E-state index < -0.39 is 29.8 Å². The number of benzene rings is 2. The Hall–Kier alpha value is -3.31. The number of aliphatic carboxylic acids is 1. The summed E-state index contributed by atoms with van der Waals surface area (Å²) in [6.45, 7) is 5.21. The molecule has 216 valence electrons. The van der Waals surface area contributed by atoms with Crippen molar-refractivity contribution in [1.82, 2.24) is 4.90 Å². The fraction of sp³-hybridized carbons (Fsp3) is 0.500. The van der Waals surface area contributed by atoms with Gasteiger partial charge in [0.2, 0.25) is 0 Å². The minimum absolute atomic E-state index is 0.0835. The molecule has 0 saturated heterocycles. The highest BCUT2D eigenvalue weighted by atomic mass is 19.4. The standard InChI is InChI=1S/C28H37F3N2O6/c1-3-5-8-17-37-18-15-33(27(36)32-24-10-7-6-9-23(24)28(29,30)31)16-19-39-22-13-11-21(12-14-22)20-25(26(34)35)38-4-2/h6-7,9-14,25H,3-5,8,15-20H2,1-2H3,(H,32,36)(H,34,35). The van der Waals surface area contributed by atoms with Gasteiger partial charge in [0.1, 0.15) is 12.4 Å². The van der Waals surface area contributed by atoms with Crippen LogP contribution in [0.5, 0.6) is 5.75 Å². The average Bonchev–Trinajstić information content (AvgIpc) is 2.89. The molecule has 39 heavy (non-hydrogen) atoms. The van der Waals surface area contributed by atoms with E-state index in [1.54, 1.807) is 31.2 Å². The van der Waals surface area contributed by atoms with Crippen molar-refractivity contribution in [3.05, 3.63) is 59.7 Å². The van der Waals surface area contributed by atoms with Crippen molar-refractivity contribution >= 4 is 17.7 Å². The maximum atomic E-state index is 13.4. The van der Waals surface area contributed by atoms with Crippen LogP contribution >= 0.6 is 0 Å². The molecule has 2 N–H and O–H groups in total. The smallest absolute Gasteiger partial charge is 0.418 e.